The number of hydrogen-bond donors (Lipinski definition) is 1. The van der Waals surface area contributed by atoms with E-state index in [2.05, 4.69) is 31.0 Å². The molecule has 1 aliphatic carbocycles. The van der Waals surface area contributed by atoms with Gasteiger partial charge in [0.2, 0.25) is 0 Å². The number of anilines is 1. The Bertz CT molecular complexity index is 2110. The van der Waals surface area contributed by atoms with Crippen molar-refractivity contribution in [1.29, 1.82) is 0 Å². The van der Waals surface area contributed by atoms with Crippen LogP contribution in [0.1, 0.15) is 69.8 Å². The highest BCUT2D eigenvalue weighted by Gasteiger charge is 2.49. The number of rotatable bonds is 7. The first-order valence-corrected chi connectivity index (χ1v) is 18.6. The predicted molar refractivity (Wildman–Crippen MR) is 191 cm³/mol. The summed E-state index contributed by atoms with van der Waals surface area (Å²) in [6.45, 7) is 2.73. The van der Waals surface area contributed by atoms with E-state index in [1.54, 1.807) is 12.3 Å². The highest BCUT2D eigenvalue weighted by atomic mass is 19.1. The molecular weight excluding hydrogens is 669 g/mol. The number of aromatic nitrogens is 3. The van der Waals surface area contributed by atoms with E-state index in [9.17, 15) is 9.18 Å². The standard InChI is InChI=1S/C40H41F3N6O3/c1-2-29-32(42)12-9-24-15-28(52-38(50)23-7-4-3-5-8-23)16-30(33(24)29)35-34(43)36-31(18-44-35)37(48-20-26-10-11-27(21-48)45-26)47-39(46-36)51-22-40-13-6-14-49(40)19-25(41)17-40/h1,9,12,15-16,18,23,25-27,45H,3-8,10-11,13-14,17,19-22H2/t25-,26?,27?,40+/m1/s1. The molecule has 4 aromatic rings. The molecule has 5 fully saturated rings. The van der Waals surface area contributed by atoms with E-state index in [1.807, 2.05) is 0 Å². The second-order valence-corrected chi connectivity index (χ2v) is 15.3. The molecule has 4 aliphatic heterocycles. The number of hydrogen-bond acceptors (Lipinski definition) is 9. The Kier molecular flexibility index (Phi) is 8.46. The lowest BCUT2D eigenvalue weighted by molar-refractivity contribution is -0.139. The highest BCUT2D eigenvalue weighted by molar-refractivity contribution is 6.03. The number of carbonyl (C=O) groups is 1. The Balaban J connectivity index is 1.17. The average molecular weight is 711 g/mol. The highest BCUT2D eigenvalue weighted by Crippen LogP contribution is 2.42. The second-order valence-electron chi connectivity index (χ2n) is 15.3. The molecular formula is C40H41F3N6O3. The van der Waals surface area contributed by atoms with Gasteiger partial charge in [-0.2, -0.15) is 9.97 Å². The second kappa shape index (κ2) is 13.2. The minimum Gasteiger partial charge on any atom is -0.461 e. The number of piperazine rings is 1. The Morgan fingerprint density at radius 2 is 1.85 bits per heavy atom. The molecule has 5 aliphatic rings. The topological polar surface area (TPSA) is 92.7 Å². The van der Waals surface area contributed by atoms with Crippen molar-refractivity contribution in [3.63, 3.8) is 0 Å². The number of benzene rings is 2. The summed E-state index contributed by atoms with van der Waals surface area (Å²) in [5.74, 6) is 1.18. The number of carbonyl (C=O) groups excluding carboxylic acids is 1. The van der Waals surface area contributed by atoms with Crippen LogP contribution in [-0.2, 0) is 4.79 Å². The Labute approximate surface area is 300 Å². The van der Waals surface area contributed by atoms with Crippen molar-refractivity contribution >= 4 is 33.5 Å². The Morgan fingerprint density at radius 1 is 1.04 bits per heavy atom. The zero-order valence-corrected chi connectivity index (χ0v) is 29.0. The fourth-order valence-electron chi connectivity index (χ4n) is 9.47. The largest absolute Gasteiger partial charge is 0.461 e. The number of halogens is 3. The number of terminal acetylenes is 1. The smallest absolute Gasteiger partial charge is 0.319 e. The number of ether oxygens (including phenoxy) is 2. The van der Waals surface area contributed by atoms with Gasteiger partial charge in [0.15, 0.2) is 5.82 Å². The van der Waals surface area contributed by atoms with E-state index in [-0.39, 0.29) is 70.1 Å². The summed E-state index contributed by atoms with van der Waals surface area (Å²) in [4.78, 5) is 31.6. The molecule has 2 aromatic heterocycles. The molecule has 12 heteroatoms. The normalized spacial score (nSPS) is 26.2. The summed E-state index contributed by atoms with van der Waals surface area (Å²) in [5.41, 5.74) is -0.451. The number of nitrogens with one attached hydrogen (secondary N) is 1. The Morgan fingerprint density at radius 3 is 2.63 bits per heavy atom. The minimum absolute atomic E-state index is 0.00309. The van der Waals surface area contributed by atoms with Crippen LogP contribution >= 0.6 is 0 Å². The van der Waals surface area contributed by atoms with Gasteiger partial charge in [0.05, 0.1) is 22.4 Å². The monoisotopic (exact) mass is 710 g/mol. The summed E-state index contributed by atoms with van der Waals surface area (Å²) in [6.07, 6.45) is 15.2. The van der Waals surface area contributed by atoms with Gasteiger partial charge in [-0.1, -0.05) is 31.2 Å². The third-order valence-electron chi connectivity index (χ3n) is 12.0. The van der Waals surface area contributed by atoms with Crippen LogP contribution in [0.4, 0.5) is 19.0 Å². The summed E-state index contributed by atoms with van der Waals surface area (Å²) in [7, 11) is 0. The molecule has 4 atom stereocenters. The van der Waals surface area contributed by atoms with Crippen molar-refractivity contribution in [3.05, 3.63) is 47.7 Å². The van der Waals surface area contributed by atoms with Gasteiger partial charge in [-0.05, 0) is 68.7 Å². The van der Waals surface area contributed by atoms with Crippen LogP contribution in [-0.4, -0.2) is 82.4 Å². The van der Waals surface area contributed by atoms with Gasteiger partial charge in [0.1, 0.15) is 41.4 Å². The summed E-state index contributed by atoms with van der Waals surface area (Å²) >= 11 is 0. The Hall–Kier alpha value is -4.47. The van der Waals surface area contributed by atoms with Gasteiger partial charge < -0.3 is 19.7 Å². The molecule has 2 aromatic carbocycles. The fourth-order valence-corrected chi connectivity index (χ4v) is 9.47. The quantitative estimate of drug-likeness (QED) is 0.131. The molecule has 2 bridgehead atoms. The van der Waals surface area contributed by atoms with Crippen molar-refractivity contribution < 1.29 is 27.4 Å². The number of fused-ring (bicyclic) bond motifs is 5. The van der Waals surface area contributed by atoms with Crippen LogP contribution < -0.4 is 19.7 Å². The first-order valence-electron chi connectivity index (χ1n) is 18.6. The minimum atomic E-state index is -0.926. The number of alkyl halides is 1. The van der Waals surface area contributed by atoms with Gasteiger partial charge in [0, 0.05) is 55.3 Å². The molecule has 270 valence electrons. The third-order valence-corrected chi connectivity index (χ3v) is 12.0. The lowest BCUT2D eigenvalue weighted by Gasteiger charge is -2.34. The SMILES string of the molecule is C#Cc1c(F)ccc2cc(OC(=O)C3CCCCC3)cc(-c3ncc4c(N5CC6CCC(C5)N6)nc(OC[C@@]56CCCN5C[C@H](F)C6)nc4c3F)c12. The predicted octanol–water partition coefficient (Wildman–Crippen LogP) is 6.49. The van der Waals surface area contributed by atoms with Crippen molar-refractivity contribution in [3.8, 4) is 35.4 Å². The fraction of sp³-hybridized carbons (Fsp3) is 0.500. The lowest BCUT2D eigenvalue weighted by Crippen LogP contribution is -2.51. The van der Waals surface area contributed by atoms with Crippen LogP contribution in [0.2, 0.25) is 0 Å². The maximum atomic E-state index is 17.3. The number of nitrogens with zero attached hydrogens (tertiary/aromatic N) is 5. The number of esters is 1. The zero-order valence-electron chi connectivity index (χ0n) is 29.0. The van der Waals surface area contributed by atoms with Crippen LogP contribution in [0.25, 0.3) is 32.9 Å². The first-order chi connectivity index (χ1) is 25.3. The molecule has 0 amide bonds. The van der Waals surface area contributed by atoms with Gasteiger partial charge in [-0.15, -0.1) is 6.42 Å². The van der Waals surface area contributed by atoms with E-state index in [0.29, 0.717) is 42.6 Å². The maximum absolute atomic E-state index is 17.3. The van der Waals surface area contributed by atoms with Crippen LogP contribution in [0.3, 0.4) is 0 Å². The molecule has 0 spiro atoms. The van der Waals surface area contributed by atoms with Crippen molar-refractivity contribution in [2.24, 2.45) is 5.92 Å². The maximum Gasteiger partial charge on any atom is 0.319 e. The molecule has 1 N–H and O–H groups in total. The molecule has 9 nitrogen and oxygen atoms in total. The van der Waals surface area contributed by atoms with E-state index in [0.717, 1.165) is 64.3 Å². The molecule has 0 radical (unpaired) electrons. The van der Waals surface area contributed by atoms with E-state index in [4.69, 9.17) is 20.9 Å². The van der Waals surface area contributed by atoms with Gasteiger partial charge in [-0.3, -0.25) is 14.7 Å². The molecule has 6 heterocycles. The molecule has 4 saturated heterocycles. The first kappa shape index (κ1) is 33.4. The van der Waals surface area contributed by atoms with Crippen LogP contribution in [0.15, 0.2) is 30.5 Å². The van der Waals surface area contributed by atoms with Crippen LogP contribution in [0, 0.1) is 29.9 Å². The van der Waals surface area contributed by atoms with Gasteiger partial charge in [0.25, 0.3) is 0 Å². The van der Waals surface area contributed by atoms with Gasteiger partial charge >= 0.3 is 12.0 Å². The van der Waals surface area contributed by atoms with Gasteiger partial charge in [-0.25, -0.2) is 13.2 Å². The van der Waals surface area contributed by atoms with Crippen LogP contribution in [0.5, 0.6) is 11.8 Å². The van der Waals surface area contributed by atoms with Crippen molar-refractivity contribution in [1.82, 2.24) is 25.2 Å². The van der Waals surface area contributed by atoms with Crippen molar-refractivity contribution in [2.45, 2.75) is 88.0 Å². The lowest BCUT2D eigenvalue weighted by atomic mass is 9.89. The molecule has 52 heavy (non-hydrogen) atoms. The average Bonchev–Trinajstić information content (AvgIpc) is 3.80. The zero-order chi connectivity index (χ0) is 35.6. The van der Waals surface area contributed by atoms with E-state index < -0.39 is 23.3 Å². The number of pyridine rings is 1. The van der Waals surface area contributed by atoms with Crippen molar-refractivity contribution in [2.75, 3.05) is 37.7 Å². The summed E-state index contributed by atoms with van der Waals surface area (Å²) in [5, 5.41) is 4.79. The molecule has 9 rings (SSSR count). The molecule has 1 saturated carbocycles. The summed E-state index contributed by atoms with van der Waals surface area (Å²) in [6, 6.07) is 6.48. The van der Waals surface area contributed by atoms with E-state index in [1.165, 1.54) is 18.2 Å². The summed E-state index contributed by atoms with van der Waals surface area (Å²) < 4.78 is 59.3. The molecule has 2 unspecified atom stereocenters. The third kappa shape index (κ3) is 5.82. The van der Waals surface area contributed by atoms with E-state index >= 15 is 8.78 Å².